The lowest BCUT2D eigenvalue weighted by Gasteiger charge is -2.41. The van der Waals surface area contributed by atoms with Gasteiger partial charge in [0.25, 0.3) is 0 Å². The molecular formula is C18H28ClNO. The summed E-state index contributed by atoms with van der Waals surface area (Å²) in [4.78, 5) is 0. The normalized spacial score (nSPS) is 20.0. The summed E-state index contributed by atoms with van der Waals surface area (Å²) in [5.41, 5.74) is 1.06. The predicted molar refractivity (Wildman–Crippen MR) is 89.9 cm³/mol. The van der Waals surface area contributed by atoms with Crippen molar-refractivity contribution in [1.29, 1.82) is 0 Å². The Morgan fingerprint density at radius 3 is 2.38 bits per heavy atom. The molecule has 1 fully saturated rings. The predicted octanol–water partition coefficient (Wildman–Crippen LogP) is 5.12. The van der Waals surface area contributed by atoms with Gasteiger partial charge in [-0.05, 0) is 37.9 Å². The van der Waals surface area contributed by atoms with Crippen LogP contribution in [-0.4, -0.2) is 18.8 Å². The lowest BCUT2D eigenvalue weighted by molar-refractivity contribution is -0.0778. The van der Waals surface area contributed by atoms with Crippen molar-refractivity contribution in [2.45, 2.75) is 64.0 Å². The van der Waals surface area contributed by atoms with Crippen LogP contribution in [0.2, 0.25) is 5.02 Å². The first-order valence-corrected chi connectivity index (χ1v) is 8.73. The Labute approximate surface area is 134 Å². The molecule has 1 aliphatic rings. The minimum atomic E-state index is -0.119. The first kappa shape index (κ1) is 16.8. The number of benzene rings is 1. The Balaban J connectivity index is 2.38. The second-order valence-corrected chi connectivity index (χ2v) is 6.33. The fraction of sp³-hybridized carbons (Fsp3) is 0.667. The Morgan fingerprint density at radius 2 is 1.81 bits per heavy atom. The summed E-state index contributed by atoms with van der Waals surface area (Å²) in [5, 5.41) is 4.49. The first-order chi connectivity index (χ1) is 10.2. The zero-order chi connectivity index (χ0) is 15.1. The number of rotatable bonds is 6. The van der Waals surface area contributed by atoms with Crippen molar-refractivity contribution in [3.05, 3.63) is 34.9 Å². The molecule has 2 nitrogen and oxygen atoms in total. The molecule has 21 heavy (non-hydrogen) atoms. The van der Waals surface area contributed by atoms with Crippen LogP contribution in [0.25, 0.3) is 0 Å². The summed E-state index contributed by atoms with van der Waals surface area (Å²) in [6, 6.07) is 8.37. The van der Waals surface area contributed by atoms with E-state index in [0.717, 1.165) is 31.0 Å². The van der Waals surface area contributed by atoms with Gasteiger partial charge in [-0.3, -0.25) is 0 Å². The topological polar surface area (TPSA) is 21.3 Å². The highest BCUT2D eigenvalue weighted by molar-refractivity contribution is 6.31. The van der Waals surface area contributed by atoms with E-state index in [9.17, 15) is 0 Å². The van der Waals surface area contributed by atoms with Gasteiger partial charge in [0.15, 0.2) is 0 Å². The third-order valence-electron chi connectivity index (χ3n) is 4.53. The number of ether oxygens (including phenoxy) is 1. The molecule has 0 aromatic heterocycles. The summed E-state index contributed by atoms with van der Waals surface area (Å²) in [5.74, 6) is 0. The molecule has 118 valence electrons. The highest BCUT2D eigenvalue weighted by Crippen LogP contribution is 2.42. The van der Waals surface area contributed by atoms with Crippen LogP contribution in [0, 0.1) is 0 Å². The van der Waals surface area contributed by atoms with Crippen molar-refractivity contribution >= 4 is 11.6 Å². The van der Waals surface area contributed by atoms with Gasteiger partial charge in [-0.15, -0.1) is 0 Å². The molecular weight excluding hydrogens is 282 g/mol. The van der Waals surface area contributed by atoms with Crippen molar-refractivity contribution in [3.8, 4) is 0 Å². The second-order valence-electron chi connectivity index (χ2n) is 5.92. The SMILES string of the molecule is CCNC(c1ccccc1Cl)C1(OCC)CCCCCC1. The molecule has 0 radical (unpaired) electrons. The molecule has 1 unspecified atom stereocenters. The van der Waals surface area contributed by atoms with Gasteiger partial charge >= 0.3 is 0 Å². The monoisotopic (exact) mass is 309 g/mol. The van der Waals surface area contributed by atoms with Crippen molar-refractivity contribution in [2.24, 2.45) is 0 Å². The Bertz CT molecular complexity index is 427. The zero-order valence-corrected chi connectivity index (χ0v) is 14.1. The highest BCUT2D eigenvalue weighted by Gasteiger charge is 2.41. The molecule has 1 atom stereocenters. The van der Waals surface area contributed by atoms with E-state index in [-0.39, 0.29) is 11.6 Å². The van der Waals surface area contributed by atoms with Crippen molar-refractivity contribution in [3.63, 3.8) is 0 Å². The summed E-state index contributed by atoms with van der Waals surface area (Å²) < 4.78 is 6.35. The van der Waals surface area contributed by atoms with Crippen LogP contribution in [0.15, 0.2) is 24.3 Å². The third-order valence-corrected chi connectivity index (χ3v) is 4.88. The fourth-order valence-corrected chi connectivity index (χ4v) is 3.87. The lowest BCUT2D eigenvalue weighted by Crippen LogP contribution is -2.46. The van der Waals surface area contributed by atoms with E-state index in [1.54, 1.807) is 0 Å². The van der Waals surface area contributed by atoms with E-state index in [1.807, 2.05) is 12.1 Å². The van der Waals surface area contributed by atoms with Gasteiger partial charge in [-0.25, -0.2) is 0 Å². The second kappa shape index (κ2) is 8.17. The van der Waals surface area contributed by atoms with Crippen LogP contribution in [0.3, 0.4) is 0 Å². The van der Waals surface area contributed by atoms with Crippen LogP contribution in [0.4, 0.5) is 0 Å². The fourth-order valence-electron chi connectivity index (χ4n) is 3.62. The third kappa shape index (κ3) is 4.00. The average Bonchev–Trinajstić information content (AvgIpc) is 2.73. The van der Waals surface area contributed by atoms with Crippen molar-refractivity contribution < 1.29 is 4.74 Å². The summed E-state index contributed by atoms with van der Waals surface area (Å²) >= 11 is 6.48. The molecule has 0 amide bonds. The molecule has 0 heterocycles. The molecule has 0 bridgehead atoms. The molecule has 1 N–H and O–H groups in total. The van der Waals surface area contributed by atoms with Crippen molar-refractivity contribution in [1.82, 2.24) is 5.32 Å². The number of hydrogen-bond acceptors (Lipinski definition) is 2. The van der Waals surface area contributed by atoms with Crippen molar-refractivity contribution in [2.75, 3.05) is 13.2 Å². The maximum Gasteiger partial charge on any atom is 0.0876 e. The van der Waals surface area contributed by atoms with Gasteiger partial charge in [0.2, 0.25) is 0 Å². The van der Waals surface area contributed by atoms with Crippen LogP contribution >= 0.6 is 11.6 Å². The molecule has 2 rings (SSSR count). The average molecular weight is 310 g/mol. The standard InChI is InChI=1S/C18H28ClNO/c1-3-20-17(15-11-7-8-12-16(15)19)18(21-4-2)13-9-5-6-10-14-18/h7-8,11-12,17,20H,3-6,9-10,13-14H2,1-2H3. The molecule has 0 spiro atoms. The van der Waals surface area contributed by atoms with Gasteiger partial charge in [0.1, 0.15) is 0 Å². The molecule has 0 aliphatic heterocycles. The van der Waals surface area contributed by atoms with E-state index in [1.165, 1.54) is 31.2 Å². The Kier molecular flexibility index (Phi) is 6.53. The summed E-state index contributed by atoms with van der Waals surface area (Å²) in [6.07, 6.45) is 7.35. The van der Waals surface area contributed by atoms with E-state index in [2.05, 4.69) is 31.3 Å². The largest absolute Gasteiger partial charge is 0.373 e. The smallest absolute Gasteiger partial charge is 0.0876 e. The van der Waals surface area contributed by atoms with E-state index < -0.39 is 0 Å². The maximum atomic E-state index is 6.48. The highest BCUT2D eigenvalue weighted by atomic mass is 35.5. The van der Waals surface area contributed by atoms with Crippen LogP contribution in [0.1, 0.15) is 64.0 Å². The molecule has 3 heteroatoms. The summed E-state index contributed by atoms with van der Waals surface area (Å²) in [6.45, 7) is 5.93. The molecule has 1 aromatic carbocycles. The molecule has 1 saturated carbocycles. The maximum absolute atomic E-state index is 6.48. The number of nitrogens with one attached hydrogen (secondary N) is 1. The van der Waals surface area contributed by atoms with Gasteiger partial charge in [0, 0.05) is 11.6 Å². The molecule has 1 aromatic rings. The number of likely N-dealkylation sites (N-methyl/N-ethyl adjacent to an activating group) is 1. The quantitative estimate of drug-likeness (QED) is 0.736. The van der Waals surface area contributed by atoms with Crippen LogP contribution < -0.4 is 5.32 Å². The van der Waals surface area contributed by atoms with E-state index in [4.69, 9.17) is 16.3 Å². The van der Waals surface area contributed by atoms with Crippen LogP contribution in [-0.2, 0) is 4.74 Å². The molecule has 1 aliphatic carbocycles. The van der Waals surface area contributed by atoms with E-state index >= 15 is 0 Å². The number of halogens is 1. The Morgan fingerprint density at radius 1 is 1.14 bits per heavy atom. The van der Waals surface area contributed by atoms with Gasteiger partial charge < -0.3 is 10.1 Å². The van der Waals surface area contributed by atoms with Crippen LogP contribution in [0.5, 0.6) is 0 Å². The van der Waals surface area contributed by atoms with Gasteiger partial charge in [0.05, 0.1) is 11.6 Å². The lowest BCUT2D eigenvalue weighted by atomic mass is 9.82. The first-order valence-electron chi connectivity index (χ1n) is 8.35. The zero-order valence-electron chi connectivity index (χ0n) is 13.3. The van der Waals surface area contributed by atoms with Gasteiger partial charge in [-0.1, -0.05) is 62.4 Å². The van der Waals surface area contributed by atoms with Gasteiger partial charge in [-0.2, -0.15) is 0 Å². The number of hydrogen-bond donors (Lipinski definition) is 1. The Hall–Kier alpha value is -0.570. The summed E-state index contributed by atoms with van der Waals surface area (Å²) in [7, 11) is 0. The van der Waals surface area contributed by atoms with E-state index in [0.29, 0.717) is 0 Å². The minimum absolute atomic E-state index is 0.119. The minimum Gasteiger partial charge on any atom is -0.373 e. The molecule has 0 saturated heterocycles.